The van der Waals surface area contributed by atoms with Crippen molar-refractivity contribution in [3.05, 3.63) is 28.2 Å². The molecule has 136 valence electrons. The number of amides is 1. The van der Waals surface area contributed by atoms with Crippen LogP contribution in [0, 0.1) is 5.92 Å². The molecule has 2 aliphatic heterocycles. The lowest BCUT2D eigenvalue weighted by molar-refractivity contribution is -0.118. The van der Waals surface area contributed by atoms with E-state index in [0.29, 0.717) is 27.3 Å². The summed E-state index contributed by atoms with van der Waals surface area (Å²) in [5.41, 5.74) is 0.513. The second kappa shape index (κ2) is 7.10. The first-order valence-electron chi connectivity index (χ1n) is 7.90. The highest BCUT2D eigenvalue weighted by Gasteiger charge is 2.50. The maximum atomic E-state index is 12.2. The number of fused-ring (bicyclic) bond motifs is 1. The number of carbonyl (C=O) groups excluding carboxylic acids is 1. The van der Waals surface area contributed by atoms with Gasteiger partial charge in [0.15, 0.2) is 15.0 Å². The van der Waals surface area contributed by atoms with Gasteiger partial charge in [-0.3, -0.25) is 4.79 Å². The van der Waals surface area contributed by atoms with E-state index in [4.69, 9.17) is 23.2 Å². The zero-order chi connectivity index (χ0) is 18.4. The van der Waals surface area contributed by atoms with E-state index < -0.39 is 9.84 Å². The summed E-state index contributed by atoms with van der Waals surface area (Å²) in [7, 11) is -3.13. The second-order valence-electron chi connectivity index (χ2n) is 6.63. The summed E-state index contributed by atoms with van der Waals surface area (Å²) in [6, 6.07) is 4.79. The first-order chi connectivity index (χ1) is 11.7. The van der Waals surface area contributed by atoms with Crippen molar-refractivity contribution in [3.63, 3.8) is 0 Å². The predicted molar refractivity (Wildman–Crippen MR) is 105 cm³/mol. The molecule has 0 aliphatic carbocycles. The Labute approximate surface area is 161 Å². The predicted octanol–water partition coefficient (Wildman–Crippen LogP) is 3.64. The standard InChI is InChI=1S/C16H18Cl2N2O3S2/c1-9(2)6-14(21)19-16-20(15-10(17)4-3-5-11(15)18)12-7-25(22,23)8-13(12)24-16/h3-5,9,12-13H,6-8H2,1-2H3/t12-,13-/m0/s1. The molecule has 1 aromatic carbocycles. The lowest BCUT2D eigenvalue weighted by atomic mass is 10.1. The SMILES string of the molecule is CC(C)CC(=O)N=C1S[C@H]2CS(=O)(=O)C[C@@H]2N1c1c(Cl)cccc1Cl. The van der Waals surface area contributed by atoms with Crippen LogP contribution in [0.3, 0.4) is 0 Å². The molecule has 1 amide bonds. The summed E-state index contributed by atoms with van der Waals surface area (Å²) in [5.74, 6) is 0.0380. The molecule has 3 rings (SSSR count). The quantitative estimate of drug-likeness (QED) is 0.746. The third-order valence-electron chi connectivity index (χ3n) is 4.05. The number of carbonyl (C=O) groups is 1. The molecule has 0 bridgehead atoms. The molecule has 0 unspecified atom stereocenters. The molecule has 1 aromatic rings. The molecular formula is C16H18Cl2N2O3S2. The molecule has 0 spiro atoms. The van der Waals surface area contributed by atoms with Crippen molar-refractivity contribution in [2.24, 2.45) is 10.9 Å². The number of aliphatic imine (C=N–C) groups is 1. The van der Waals surface area contributed by atoms with E-state index in [0.717, 1.165) is 0 Å². The van der Waals surface area contributed by atoms with Gasteiger partial charge in [0, 0.05) is 11.7 Å². The van der Waals surface area contributed by atoms with Gasteiger partial charge >= 0.3 is 0 Å². The van der Waals surface area contributed by atoms with E-state index in [2.05, 4.69) is 4.99 Å². The van der Waals surface area contributed by atoms with Crippen molar-refractivity contribution < 1.29 is 13.2 Å². The van der Waals surface area contributed by atoms with Crippen LogP contribution in [0.15, 0.2) is 23.2 Å². The third-order valence-corrected chi connectivity index (χ3v) is 7.87. The minimum Gasteiger partial charge on any atom is -0.313 e. The second-order valence-corrected chi connectivity index (χ2v) is 10.8. The first kappa shape index (κ1) is 19.0. The van der Waals surface area contributed by atoms with Crippen LogP contribution in [0.2, 0.25) is 10.0 Å². The van der Waals surface area contributed by atoms with Crippen LogP contribution >= 0.6 is 35.0 Å². The number of benzene rings is 1. The molecule has 0 saturated carbocycles. The third kappa shape index (κ3) is 3.99. The van der Waals surface area contributed by atoms with Crippen molar-refractivity contribution >= 4 is 61.6 Å². The maximum Gasteiger partial charge on any atom is 0.248 e. The van der Waals surface area contributed by atoms with Gasteiger partial charge in [-0.05, 0) is 18.1 Å². The lowest BCUT2D eigenvalue weighted by Gasteiger charge is -2.26. The molecule has 2 atom stereocenters. The summed E-state index contributed by atoms with van der Waals surface area (Å²) in [6.45, 7) is 3.90. The Bertz CT molecular complexity index is 820. The molecule has 2 fully saturated rings. The van der Waals surface area contributed by atoms with Gasteiger partial charge in [-0.15, -0.1) is 0 Å². The summed E-state index contributed by atoms with van der Waals surface area (Å²) in [4.78, 5) is 18.2. The number of rotatable bonds is 3. The average Bonchev–Trinajstić information content (AvgIpc) is 2.90. The van der Waals surface area contributed by atoms with Crippen LogP contribution in [0.5, 0.6) is 0 Å². The Morgan fingerprint density at radius 1 is 1.32 bits per heavy atom. The van der Waals surface area contributed by atoms with E-state index >= 15 is 0 Å². The molecule has 0 radical (unpaired) electrons. The number of sulfone groups is 1. The zero-order valence-electron chi connectivity index (χ0n) is 13.8. The molecule has 25 heavy (non-hydrogen) atoms. The van der Waals surface area contributed by atoms with E-state index in [1.165, 1.54) is 11.8 Å². The molecule has 2 heterocycles. The highest BCUT2D eigenvalue weighted by atomic mass is 35.5. The fourth-order valence-electron chi connectivity index (χ4n) is 3.05. The van der Waals surface area contributed by atoms with Crippen LogP contribution in [0.4, 0.5) is 5.69 Å². The lowest BCUT2D eigenvalue weighted by Crippen LogP contribution is -2.38. The van der Waals surface area contributed by atoms with Crippen molar-refractivity contribution in [1.82, 2.24) is 0 Å². The van der Waals surface area contributed by atoms with Gasteiger partial charge in [0.1, 0.15) is 0 Å². The van der Waals surface area contributed by atoms with E-state index in [9.17, 15) is 13.2 Å². The van der Waals surface area contributed by atoms with E-state index in [-0.39, 0.29) is 34.6 Å². The van der Waals surface area contributed by atoms with Crippen molar-refractivity contribution in [2.75, 3.05) is 16.4 Å². The van der Waals surface area contributed by atoms with Crippen molar-refractivity contribution in [3.8, 4) is 0 Å². The number of hydrogen-bond donors (Lipinski definition) is 0. The number of thioether (sulfide) groups is 1. The molecule has 2 aliphatic rings. The molecular weight excluding hydrogens is 403 g/mol. The van der Waals surface area contributed by atoms with Gasteiger partial charge in [0.25, 0.3) is 0 Å². The Morgan fingerprint density at radius 3 is 2.56 bits per heavy atom. The molecule has 0 N–H and O–H groups in total. The summed E-state index contributed by atoms with van der Waals surface area (Å²) >= 11 is 14.0. The Morgan fingerprint density at radius 2 is 1.96 bits per heavy atom. The Kier molecular flexibility index (Phi) is 5.40. The van der Waals surface area contributed by atoms with Crippen LogP contribution in [0.25, 0.3) is 0 Å². The van der Waals surface area contributed by atoms with Crippen molar-refractivity contribution in [2.45, 2.75) is 31.6 Å². The largest absolute Gasteiger partial charge is 0.313 e. The zero-order valence-corrected chi connectivity index (χ0v) is 16.9. The van der Waals surface area contributed by atoms with Gasteiger partial charge in [0.2, 0.25) is 5.91 Å². The molecule has 5 nitrogen and oxygen atoms in total. The van der Waals surface area contributed by atoms with Crippen molar-refractivity contribution in [1.29, 1.82) is 0 Å². The highest BCUT2D eigenvalue weighted by Crippen LogP contribution is 2.45. The Balaban J connectivity index is 2.04. The fourth-order valence-corrected chi connectivity index (χ4v) is 7.54. The fraction of sp³-hybridized carbons (Fsp3) is 0.500. The van der Waals surface area contributed by atoms with Gasteiger partial charge in [-0.2, -0.15) is 4.99 Å². The summed E-state index contributed by atoms with van der Waals surface area (Å²) in [5, 5.41) is 1.11. The minimum absolute atomic E-state index is 0.00358. The van der Waals surface area contributed by atoms with Gasteiger partial charge in [0.05, 0.1) is 33.3 Å². The van der Waals surface area contributed by atoms with Crippen LogP contribution < -0.4 is 4.90 Å². The molecule has 9 heteroatoms. The van der Waals surface area contributed by atoms with E-state index in [1.54, 1.807) is 23.1 Å². The smallest absolute Gasteiger partial charge is 0.248 e. The average molecular weight is 421 g/mol. The van der Waals surface area contributed by atoms with Gasteiger partial charge in [-0.1, -0.05) is 54.9 Å². The Hall–Kier alpha value is -0.760. The highest BCUT2D eigenvalue weighted by molar-refractivity contribution is 8.16. The summed E-state index contributed by atoms with van der Waals surface area (Å²) in [6.07, 6.45) is 0.335. The maximum absolute atomic E-state index is 12.2. The summed E-state index contributed by atoms with van der Waals surface area (Å²) < 4.78 is 24.1. The van der Waals surface area contributed by atoms with Crippen LogP contribution in [-0.4, -0.2) is 42.3 Å². The topological polar surface area (TPSA) is 66.8 Å². The number of para-hydroxylation sites is 1. The number of anilines is 1. The van der Waals surface area contributed by atoms with Crippen LogP contribution in [0.1, 0.15) is 20.3 Å². The normalized spacial score (nSPS) is 26.4. The monoisotopic (exact) mass is 420 g/mol. The number of nitrogens with zero attached hydrogens (tertiary/aromatic N) is 2. The first-order valence-corrected chi connectivity index (χ1v) is 11.4. The number of amidine groups is 1. The molecule has 2 saturated heterocycles. The number of hydrogen-bond acceptors (Lipinski definition) is 4. The minimum atomic E-state index is -3.13. The van der Waals surface area contributed by atoms with Gasteiger partial charge < -0.3 is 4.90 Å². The van der Waals surface area contributed by atoms with Crippen LogP contribution in [-0.2, 0) is 14.6 Å². The number of halogens is 2. The molecule has 0 aromatic heterocycles. The van der Waals surface area contributed by atoms with Gasteiger partial charge in [-0.25, -0.2) is 8.42 Å². The van der Waals surface area contributed by atoms with E-state index in [1.807, 2.05) is 13.8 Å².